The third kappa shape index (κ3) is 2.29. The van der Waals surface area contributed by atoms with Crippen molar-refractivity contribution in [1.82, 2.24) is 4.98 Å². The summed E-state index contributed by atoms with van der Waals surface area (Å²) in [5, 5.41) is 0. The molecular formula is C15H21N. The maximum absolute atomic E-state index is 3.51. The summed E-state index contributed by atoms with van der Waals surface area (Å²) in [6.07, 6.45) is 12.9. The molecule has 1 aromatic heterocycles. The standard InChI is InChI=1S/C15H21N/c1-3-5-7-12-9-10-15-14(12)11-13(16-15)8-6-4-2/h7,9-11,16H,3-6,8H2,1-2H3/b12-7-. The van der Waals surface area contributed by atoms with Gasteiger partial charge in [0.1, 0.15) is 0 Å². The van der Waals surface area contributed by atoms with Gasteiger partial charge in [0.2, 0.25) is 0 Å². The lowest BCUT2D eigenvalue weighted by atomic mass is 10.1. The number of rotatable bonds is 5. The molecule has 0 aromatic carbocycles. The lowest BCUT2D eigenvalue weighted by molar-refractivity contribution is 0.780. The van der Waals surface area contributed by atoms with Crippen molar-refractivity contribution in [2.75, 3.05) is 0 Å². The second-order valence-corrected chi connectivity index (χ2v) is 4.51. The van der Waals surface area contributed by atoms with E-state index in [-0.39, 0.29) is 0 Å². The van der Waals surface area contributed by atoms with Gasteiger partial charge in [-0.2, -0.15) is 0 Å². The number of aromatic amines is 1. The Morgan fingerprint density at radius 2 is 2.06 bits per heavy atom. The molecule has 0 spiro atoms. The first-order chi connectivity index (χ1) is 7.85. The molecule has 1 heterocycles. The summed E-state index contributed by atoms with van der Waals surface area (Å²) < 4.78 is 0. The van der Waals surface area contributed by atoms with E-state index >= 15 is 0 Å². The first kappa shape index (κ1) is 11.3. The predicted molar refractivity (Wildman–Crippen MR) is 71.3 cm³/mol. The van der Waals surface area contributed by atoms with Crippen LogP contribution in [0.3, 0.4) is 0 Å². The number of hydrogen-bond acceptors (Lipinski definition) is 0. The first-order valence-corrected chi connectivity index (χ1v) is 6.45. The Hall–Kier alpha value is -1.24. The van der Waals surface area contributed by atoms with Gasteiger partial charge in [0.15, 0.2) is 0 Å². The number of fused-ring (bicyclic) bond motifs is 1. The monoisotopic (exact) mass is 215 g/mol. The average molecular weight is 215 g/mol. The summed E-state index contributed by atoms with van der Waals surface area (Å²) in [5.74, 6) is 0. The van der Waals surface area contributed by atoms with Crippen LogP contribution >= 0.6 is 0 Å². The van der Waals surface area contributed by atoms with Crippen molar-refractivity contribution in [3.05, 3.63) is 35.2 Å². The zero-order chi connectivity index (χ0) is 11.4. The molecule has 1 aliphatic carbocycles. The van der Waals surface area contributed by atoms with Crippen LogP contribution in [0.4, 0.5) is 0 Å². The zero-order valence-electron chi connectivity index (χ0n) is 10.3. The Morgan fingerprint density at radius 3 is 2.81 bits per heavy atom. The van der Waals surface area contributed by atoms with Crippen LogP contribution in [0.1, 0.15) is 56.5 Å². The van der Waals surface area contributed by atoms with E-state index in [1.54, 1.807) is 0 Å². The summed E-state index contributed by atoms with van der Waals surface area (Å²) in [4.78, 5) is 3.51. The van der Waals surface area contributed by atoms with Crippen LogP contribution in [-0.2, 0) is 6.42 Å². The Balaban J connectivity index is 2.13. The number of nitrogens with one attached hydrogen (secondary N) is 1. The fraction of sp³-hybridized carbons (Fsp3) is 0.467. The molecule has 2 rings (SSSR count). The maximum atomic E-state index is 3.51. The summed E-state index contributed by atoms with van der Waals surface area (Å²) in [7, 11) is 0. The minimum absolute atomic E-state index is 1.18. The highest BCUT2D eigenvalue weighted by Gasteiger charge is 2.13. The lowest BCUT2D eigenvalue weighted by Crippen LogP contribution is -1.83. The molecule has 1 aliphatic rings. The molecule has 0 fully saturated rings. The predicted octanol–water partition coefficient (Wildman–Crippen LogP) is 4.57. The summed E-state index contributed by atoms with van der Waals surface area (Å²) in [6, 6.07) is 2.33. The Morgan fingerprint density at radius 1 is 1.19 bits per heavy atom. The van der Waals surface area contributed by atoms with E-state index in [2.05, 4.69) is 43.1 Å². The normalized spacial score (nSPS) is 16.0. The second-order valence-electron chi connectivity index (χ2n) is 4.51. The van der Waals surface area contributed by atoms with Crippen LogP contribution in [0.5, 0.6) is 0 Å². The fourth-order valence-corrected chi connectivity index (χ4v) is 2.14. The first-order valence-electron chi connectivity index (χ1n) is 6.45. The molecule has 16 heavy (non-hydrogen) atoms. The van der Waals surface area contributed by atoms with Gasteiger partial charge >= 0.3 is 0 Å². The third-order valence-electron chi connectivity index (χ3n) is 3.10. The molecule has 1 nitrogen and oxygen atoms in total. The maximum Gasteiger partial charge on any atom is 0.0462 e. The minimum atomic E-state index is 1.18. The summed E-state index contributed by atoms with van der Waals surface area (Å²) >= 11 is 0. The van der Waals surface area contributed by atoms with Crippen LogP contribution in [0, 0.1) is 0 Å². The number of H-pyrrole nitrogens is 1. The van der Waals surface area contributed by atoms with Crippen LogP contribution in [0.15, 0.2) is 18.2 Å². The van der Waals surface area contributed by atoms with Gasteiger partial charge in [-0.1, -0.05) is 38.8 Å². The molecular weight excluding hydrogens is 194 g/mol. The molecule has 0 amide bonds. The van der Waals surface area contributed by atoms with Crippen molar-refractivity contribution in [3.8, 4) is 0 Å². The van der Waals surface area contributed by atoms with Gasteiger partial charge in [0, 0.05) is 17.0 Å². The van der Waals surface area contributed by atoms with E-state index in [1.807, 2.05) is 0 Å². The van der Waals surface area contributed by atoms with Crippen LogP contribution < -0.4 is 0 Å². The second kappa shape index (κ2) is 5.20. The van der Waals surface area contributed by atoms with Gasteiger partial charge in [-0.15, -0.1) is 0 Å². The summed E-state index contributed by atoms with van der Waals surface area (Å²) in [6.45, 7) is 4.46. The lowest BCUT2D eigenvalue weighted by Gasteiger charge is -1.95. The van der Waals surface area contributed by atoms with Crippen LogP contribution in [-0.4, -0.2) is 4.98 Å². The van der Waals surface area contributed by atoms with E-state index < -0.39 is 0 Å². The van der Waals surface area contributed by atoms with Crippen molar-refractivity contribution in [2.45, 2.75) is 46.0 Å². The SMILES string of the molecule is CCC/C=C1/C=Cc2[nH]c(CCCC)cc21. The van der Waals surface area contributed by atoms with Gasteiger partial charge in [-0.05, 0) is 37.0 Å². The highest BCUT2D eigenvalue weighted by atomic mass is 14.7. The Bertz CT molecular complexity index is 407. The van der Waals surface area contributed by atoms with Gasteiger partial charge in [-0.25, -0.2) is 0 Å². The van der Waals surface area contributed by atoms with Crippen molar-refractivity contribution in [2.24, 2.45) is 0 Å². The average Bonchev–Trinajstić information content (AvgIpc) is 2.83. The van der Waals surface area contributed by atoms with Crippen molar-refractivity contribution in [1.29, 1.82) is 0 Å². The van der Waals surface area contributed by atoms with Gasteiger partial charge in [0.05, 0.1) is 0 Å². The van der Waals surface area contributed by atoms with Crippen LogP contribution in [0.2, 0.25) is 0 Å². The number of aromatic nitrogens is 1. The number of allylic oxidation sites excluding steroid dienone is 3. The zero-order valence-corrected chi connectivity index (χ0v) is 10.3. The number of aryl methyl sites for hydroxylation is 1. The highest BCUT2D eigenvalue weighted by Crippen LogP contribution is 2.30. The van der Waals surface area contributed by atoms with Crippen molar-refractivity contribution >= 4 is 11.6 Å². The molecule has 0 saturated heterocycles. The van der Waals surface area contributed by atoms with Gasteiger partial charge in [0.25, 0.3) is 0 Å². The van der Waals surface area contributed by atoms with Crippen molar-refractivity contribution < 1.29 is 0 Å². The molecule has 0 unspecified atom stereocenters. The number of unbranched alkanes of at least 4 members (excludes halogenated alkanes) is 2. The van der Waals surface area contributed by atoms with E-state index in [9.17, 15) is 0 Å². The van der Waals surface area contributed by atoms with Crippen LogP contribution in [0.25, 0.3) is 11.6 Å². The molecule has 1 aromatic rings. The fourth-order valence-electron chi connectivity index (χ4n) is 2.14. The molecule has 1 N–H and O–H groups in total. The molecule has 0 aliphatic heterocycles. The summed E-state index contributed by atoms with van der Waals surface area (Å²) in [5.41, 5.74) is 5.49. The largest absolute Gasteiger partial charge is 0.358 e. The molecule has 0 bridgehead atoms. The molecule has 1 heteroatoms. The van der Waals surface area contributed by atoms with E-state index in [0.717, 1.165) is 0 Å². The quantitative estimate of drug-likeness (QED) is 0.740. The highest BCUT2D eigenvalue weighted by molar-refractivity contribution is 5.89. The molecule has 0 saturated carbocycles. The third-order valence-corrected chi connectivity index (χ3v) is 3.10. The van der Waals surface area contributed by atoms with E-state index in [1.165, 1.54) is 54.6 Å². The van der Waals surface area contributed by atoms with Gasteiger partial charge in [-0.3, -0.25) is 0 Å². The van der Waals surface area contributed by atoms with Gasteiger partial charge < -0.3 is 4.98 Å². The molecule has 86 valence electrons. The topological polar surface area (TPSA) is 15.8 Å². The molecule has 0 radical (unpaired) electrons. The minimum Gasteiger partial charge on any atom is -0.358 e. The van der Waals surface area contributed by atoms with Crippen molar-refractivity contribution in [3.63, 3.8) is 0 Å². The van der Waals surface area contributed by atoms with E-state index in [4.69, 9.17) is 0 Å². The van der Waals surface area contributed by atoms with E-state index in [0.29, 0.717) is 0 Å². The number of hydrogen-bond donors (Lipinski definition) is 1. The smallest absolute Gasteiger partial charge is 0.0462 e. The Labute approximate surface area is 98.3 Å². The Kier molecular flexibility index (Phi) is 3.66. The molecule has 0 atom stereocenters.